The number of nitrogens with zero attached hydrogens (tertiary/aromatic N) is 5. The highest BCUT2D eigenvalue weighted by Gasteiger charge is 2.29. The van der Waals surface area contributed by atoms with Crippen LogP contribution in [-0.4, -0.2) is 43.3 Å². The van der Waals surface area contributed by atoms with Crippen molar-refractivity contribution in [1.82, 2.24) is 24.3 Å². The molecule has 4 aromatic carbocycles. The third kappa shape index (κ3) is 6.06. The fourth-order valence-corrected chi connectivity index (χ4v) is 7.39. The van der Waals surface area contributed by atoms with Crippen molar-refractivity contribution in [3.05, 3.63) is 143 Å². The number of anilines is 2. The van der Waals surface area contributed by atoms with Gasteiger partial charge in [0, 0.05) is 56.9 Å². The van der Waals surface area contributed by atoms with Crippen molar-refractivity contribution >= 4 is 51.5 Å². The third-order valence-corrected chi connectivity index (χ3v) is 10.2. The summed E-state index contributed by atoms with van der Waals surface area (Å²) in [6.07, 6.45) is 5.43. The van der Waals surface area contributed by atoms with Crippen molar-refractivity contribution in [3.63, 3.8) is 0 Å². The number of halogens is 2. The van der Waals surface area contributed by atoms with E-state index in [1.165, 1.54) is 5.69 Å². The Morgan fingerprint density at radius 3 is 2.32 bits per heavy atom. The zero-order chi connectivity index (χ0) is 34.2. The van der Waals surface area contributed by atoms with E-state index < -0.39 is 0 Å². The number of aromatic amines is 1. The van der Waals surface area contributed by atoms with Crippen LogP contribution in [0.25, 0.3) is 33.4 Å². The van der Waals surface area contributed by atoms with E-state index >= 15 is 0 Å². The molecule has 8 rings (SSSR count). The Morgan fingerprint density at radius 1 is 0.880 bits per heavy atom. The second-order valence-electron chi connectivity index (χ2n) is 12.7. The summed E-state index contributed by atoms with van der Waals surface area (Å²) in [7, 11) is 0. The number of aromatic nitrogens is 5. The first-order valence-corrected chi connectivity index (χ1v) is 17.5. The second kappa shape index (κ2) is 13.5. The predicted octanol–water partition coefficient (Wildman–Crippen LogP) is 9.90. The fraction of sp³-hybridized carbons (Fsp3) is 0.175. The highest BCUT2D eigenvalue weighted by atomic mass is 35.5. The van der Waals surface area contributed by atoms with E-state index in [1.54, 1.807) is 6.20 Å². The Labute approximate surface area is 300 Å². The Bertz CT molecular complexity index is 2270. The van der Waals surface area contributed by atoms with Crippen LogP contribution in [0.1, 0.15) is 47.9 Å². The van der Waals surface area contributed by atoms with E-state index in [0.717, 1.165) is 64.9 Å². The van der Waals surface area contributed by atoms with Crippen LogP contribution in [0.15, 0.2) is 122 Å². The van der Waals surface area contributed by atoms with Crippen molar-refractivity contribution in [2.24, 2.45) is 0 Å². The molecule has 0 bridgehead atoms. The van der Waals surface area contributed by atoms with Gasteiger partial charge in [-0.05, 0) is 61.7 Å². The van der Waals surface area contributed by atoms with Gasteiger partial charge in [-0.1, -0.05) is 89.9 Å². The van der Waals surface area contributed by atoms with E-state index in [9.17, 15) is 4.79 Å². The molecule has 0 unspecified atom stereocenters. The average Bonchev–Trinajstić information content (AvgIpc) is 3.89. The molecule has 2 N–H and O–H groups in total. The molecule has 0 aliphatic carbocycles. The lowest BCUT2D eigenvalue weighted by molar-refractivity contribution is 0.102. The number of carbonyl (C=O) groups excluding carboxylic acids is 1. The number of hydrogen-bond donors (Lipinski definition) is 2. The monoisotopic (exact) mass is 699 g/mol. The second-order valence-corrected chi connectivity index (χ2v) is 13.5. The Balaban J connectivity index is 1.19. The molecular weight excluding hydrogens is 665 g/mol. The van der Waals surface area contributed by atoms with Gasteiger partial charge in [0.05, 0.1) is 36.0 Å². The van der Waals surface area contributed by atoms with Crippen LogP contribution in [0.3, 0.4) is 0 Å². The van der Waals surface area contributed by atoms with Gasteiger partial charge in [0.1, 0.15) is 11.5 Å². The molecule has 0 saturated carbocycles. The van der Waals surface area contributed by atoms with Gasteiger partial charge < -0.3 is 19.8 Å². The molecule has 1 atom stereocenters. The molecule has 1 saturated heterocycles. The standard InChI is InChI=1S/C40H35Cl2N7O/c1-26(27-12-14-29(41)15-13-27)48-25-43-37(28-8-4-2-5-9-28)39(48)36-33-17-16-30(42)24-34(33)45-38(36)40(50)46-35-18-21-44-49(35)32-19-22-47(23-20-32)31-10-6-3-7-11-31/h2-18,21,24-26,32,45H,19-20,22-23H2,1H3,(H,46,50)/t26-/m0/s1. The van der Waals surface area contributed by atoms with E-state index in [1.807, 2.05) is 95.9 Å². The van der Waals surface area contributed by atoms with Crippen LogP contribution >= 0.6 is 23.2 Å². The summed E-state index contributed by atoms with van der Waals surface area (Å²) in [5.41, 5.74) is 6.73. The molecule has 4 heterocycles. The fourth-order valence-electron chi connectivity index (χ4n) is 7.09. The number of para-hydroxylation sites is 1. The zero-order valence-corrected chi connectivity index (χ0v) is 28.9. The van der Waals surface area contributed by atoms with Gasteiger partial charge in [-0.25, -0.2) is 9.67 Å². The van der Waals surface area contributed by atoms with E-state index in [-0.39, 0.29) is 18.0 Å². The molecule has 8 nitrogen and oxygen atoms in total. The molecular formula is C40H35Cl2N7O. The maximum absolute atomic E-state index is 14.5. The van der Waals surface area contributed by atoms with Gasteiger partial charge in [-0.15, -0.1) is 0 Å². The van der Waals surface area contributed by atoms with Crippen molar-refractivity contribution in [3.8, 4) is 22.5 Å². The average molecular weight is 701 g/mol. The van der Waals surface area contributed by atoms with Crippen molar-refractivity contribution < 1.29 is 4.79 Å². The number of nitrogens with one attached hydrogen (secondary N) is 2. The number of piperidine rings is 1. The highest BCUT2D eigenvalue weighted by Crippen LogP contribution is 2.41. The lowest BCUT2D eigenvalue weighted by Gasteiger charge is -2.34. The number of carbonyl (C=O) groups is 1. The van der Waals surface area contributed by atoms with Crippen molar-refractivity contribution in [2.75, 3.05) is 23.3 Å². The maximum Gasteiger partial charge on any atom is 0.273 e. The quantitative estimate of drug-likeness (QED) is 0.165. The molecule has 1 aliphatic rings. The van der Waals surface area contributed by atoms with Gasteiger partial charge in [0.15, 0.2) is 0 Å². The van der Waals surface area contributed by atoms with E-state index in [4.69, 9.17) is 28.2 Å². The SMILES string of the molecule is C[C@@H](c1ccc(Cl)cc1)n1cnc(-c2ccccc2)c1-c1c(C(=O)Nc2ccnn2C2CCN(c3ccccc3)CC2)[nH]c2cc(Cl)ccc12. The summed E-state index contributed by atoms with van der Waals surface area (Å²) in [5.74, 6) is 0.379. The number of hydrogen-bond acceptors (Lipinski definition) is 4. The van der Waals surface area contributed by atoms with Crippen LogP contribution in [-0.2, 0) is 0 Å². The van der Waals surface area contributed by atoms with Crippen LogP contribution in [0.5, 0.6) is 0 Å². The lowest BCUT2D eigenvalue weighted by atomic mass is 9.99. The minimum atomic E-state index is -0.276. The van der Waals surface area contributed by atoms with E-state index in [2.05, 4.69) is 56.1 Å². The summed E-state index contributed by atoms with van der Waals surface area (Å²) in [6, 6.07) is 35.9. The Kier molecular flexibility index (Phi) is 8.64. The summed E-state index contributed by atoms with van der Waals surface area (Å²) >= 11 is 12.8. The smallest absolute Gasteiger partial charge is 0.273 e. The van der Waals surface area contributed by atoms with Crippen LogP contribution in [0.4, 0.5) is 11.5 Å². The zero-order valence-electron chi connectivity index (χ0n) is 27.4. The summed E-state index contributed by atoms with van der Waals surface area (Å²) in [6.45, 7) is 3.94. The molecule has 7 aromatic rings. The van der Waals surface area contributed by atoms with Crippen LogP contribution in [0, 0.1) is 0 Å². The van der Waals surface area contributed by atoms with Gasteiger partial charge in [0.2, 0.25) is 0 Å². The molecule has 0 radical (unpaired) electrons. The number of fused-ring (bicyclic) bond motifs is 1. The molecule has 0 spiro atoms. The summed E-state index contributed by atoms with van der Waals surface area (Å²) < 4.78 is 4.09. The van der Waals surface area contributed by atoms with Crippen LogP contribution < -0.4 is 10.2 Å². The van der Waals surface area contributed by atoms with Crippen molar-refractivity contribution in [1.29, 1.82) is 0 Å². The summed E-state index contributed by atoms with van der Waals surface area (Å²) in [4.78, 5) is 25.3. The number of H-pyrrole nitrogens is 1. The number of amides is 1. The van der Waals surface area contributed by atoms with E-state index in [0.29, 0.717) is 21.6 Å². The maximum atomic E-state index is 14.5. The molecule has 1 fully saturated rings. The van der Waals surface area contributed by atoms with Gasteiger partial charge in [0.25, 0.3) is 5.91 Å². The number of rotatable bonds is 8. The van der Waals surface area contributed by atoms with Crippen molar-refractivity contribution in [2.45, 2.75) is 31.8 Å². The van der Waals surface area contributed by atoms with Gasteiger partial charge in [-0.3, -0.25) is 4.79 Å². The minimum Gasteiger partial charge on any atom is -0.371 e. The Hall–Kier alpha value is -5.31. The highest BCUT2D eigenvalue weighted by molar-refractivity contribution is 6.31. The van der Waals surface area contributed by atoms with Gasteiger partial charge >= 0.3 is 0 Å². The largest absolute Gasteiger partial charge is 0.371 e. The summed E-state index contributed by atoms with van der Waals surface area (Å²) in [5, 5.41) is 9.99. The predicted molar refractivity (Wildman–Crippen MR) is 202 cm³/mol. The van der Waals surface area contributed by atoms with Crippen LogP contribution in [0.2, 0.25) is 10.0 Å². The number of imidazole rings is 1. The molecule has 10 heteroatoms. The van der Waals surface area contributed by atoms with Gasteiger partial charge in [-0.2, -0.15) is 5.10 Å². The minimum absolute atomic E-state index is 0.122. The first kappa shape index (κ1) is 31.9. The third-order valence-electron chi connectivity index (χ3n) is 9.68. The molecule has 1 aliphatic heterocycles. The lowest BCUT2D eigenvalue weighted by Crippen LogP contribution is -2.35. The first-order valence-electron chi connectivity index (χ1n) is 16.8. The molecule has 250 valence electrons. The number of benzene rings is 4. The molecule has 3 aromatic heterocycles. The normalized spacial score (nSPS) is 14.3. The molecule has 1 amide bonds. The topological polar surface area (TPSA) is 83.8 Å². The molecule has 50 heavy (non-hydrogen) atoms. The Morgan fingerprint density at radius 2 is 1.58 bits per heavy atom. The first-order chi connectivity index (χ1) is 24.4.